The Morgan fingerprint density at radius 2 is 1.84 bits per heavy atom. The fourth-order valence-corrected chi connectivity index (χ4v) is 3.73. The molecule has 1 aliphatic heterocycles. The Labute approximate surface area is 189 Å². The highest BCUT2D eigenvalue weighted by atomic mass is 19.1. The van der Waals surface area contributed by atoms with Crippen LogP contribution in [0.5, 0.6) is 0 Å². The van der Waals surface area contributed by atoms with Gasteiger partial charge in [-0.3, -0.25) is 4.90 Å². The number of nitrogens with zero attached hydrogens (tertiary/aromatic N) is 3. The van der Waals surface area contributed by atoms with E-state index in [4.69, 9.17) is 14.5 Å². The van der Waals surface area contributed by atoms with Crippen LogP contribution in [0.4, 0.5) is 4.39 Å². The molecule has 1 atom stereocenters. The summed E-state index contributed by atoms with van der Waals surface area (Å²) in [6.07, 6.45) is 2.62. The van der Waals surface area contributed by atoms with E-state index in [2.05, 4.69) is 20.8 Å². The number of hydrogen-bond donors (Lipinski definition) is 2. The summed E-state index contributed by atoms with van der Waals surface area (Å²) in [7, 11) is 0. The first-order chi connectivity index (χ1) is 15.1. The number of aliphatic hydroxyl groups excluding tert-OH is 1. The molecule has 0 spiro atoms. The molecule has 1 aromatic heterocycles. The highest BCUT2D eigenvalue weighted by molar-refractivity contribution is 5.56. The van der Waals surface area contributed by atoms with Gasteiger partial charge in [0.05, 0.1) is 5.69 Å². The maximum absolute atomic E-state index is 13.4. The Balaban J connectivity index is 1.78. The highest BCUT2D eigenvalue weighted by Gasteiger charge is 2.38. The minimum Gasteiger partial charge on any atom is -0.383 e. The number of aliphatic hydroxyl groups is 2. The summed E-state index contributed by atoms with van der Waals surface area (Å²) in [5.41, 5.74) is 0.370. The van der Waals surface area contributed by atoms with Crippen molar-refractivity contribution in [3.05, 3.63) is 42.0 Å². The summed E-state index contributed by atoms with van der Waals surface area (Å²) in [4.78, 5) is 6.53. The quantitative estimate of drug-likeness (QED) is 0.449. The van der Waals surface area contributed by atoms with Crippen LogP contribution in [-0.2, 0) is 21.8 Å². The van der Waals surface area contributed by atoms with Gasteiger partial charge in [0.25, 0.3) is 0 Å². The molecule has 0 amide bonds. The van der Waals surface area contributed by atoms with Gasteiger partial charge in [-0.1, -0.05) is 20.8 Å². The topological polar surface area (TPSA) is 80.0 Å². The molecule has 2 aromatic rings. The molecular formula is C24H36FN3O4. The van der Waals surface area contributed by atoms with E-state index in [1.807, 2.05) is 17.7 Å². The lowest BCUT2D eigenvalue weighted by atomic mass is 9.89. The molecule has 1 unspecified atom stereocenters. The molecule has 1 saturated heterocycles. The van der Waals surface area contributed by atoms with Crippen LogP contribution in [0.15, 0.2) is 30.5 Å². The van der Waals surface area contributed by atoms with Gasteiger partial charge in [0.2, 0.25) is 6.41 Å². The highest BCUT2D eigenvalue weighted by Crippen LogP contribution is 2.34. The lowest BCUT2D eigenvalue weighted by molar-refractivity contribution is -0.207. The lowest BCUT2D eigenvalue weighted by Gasteiger charge is -2.38. The van der Waals surface area contributed by atoms with Crippen molar-refractivity contribution in [2.45, 2.75) is 65.7 Å². The van der Waals surface area contributed by atoms with Gasteiger partial charge >= 0.3 is 0 Å². The zero-order valence-corrected chi connectivity index (χ0v) is 19.6. The van der Waals surface area contributed by atoms with E-state index in [1.165, 1.54) is 12.1 Å². The van der Waals surface area contributed by atoms with Gasteiger partial charge in [0.1, 0.15) is 24.0 Å². The van der Waals surface area contributed by atoms with Crippen LogP contribution in [0.1, 0.15) is 52.7 Å². The molecule has 0 radical (unpaired) electrons. The van der Waals surface area contributed by atoms with Gasteiger partial charge in [-0.15, -0.1) is 0 Å². The molecule has 178 valence electrons. The van der Waals surface area contributed by atoms with E-state index in [0.29, 0.717) is 57.4 Å². The minimum absolute atomic E-state index is 0.176. The largest absolute Gasteiger partial charge is 0.383 e. The van der Waals surface area contributed by atoms with Crippen molar-refractivity contribution in [3.63, 3.8) is 0 Å². The SMILES string of the molecule is CCOC(O)N1CCC(O)(c2cn(COCCC(C)(C)C)c(-c3ccc(F)cc3)n2)CC1. The zero-order valence-electron chi connectivity index (χ0n) is 19.6. The molecule has 3 rings (SSSR count). The molecule has 1 fully saturated rings. The Kier molecular flexibility index (Phi) is 8.06. The van der Waals surface area contributed by atoms with E-state index >= 15 is 0 Å². The van der Waals surface area contributed by atoms with Crippen LogP contribution in [0.2, 0.25) is 0 Å². The molecule has 2 N–H and O–H groups in total. The molecule has 8 heteroatoms. The van der Waals surface area contributed by atoms with Crippen LogP contribution in [-0.4, -0.2) is 57.4 Å². The Morgan fingerprint density at radius 1 is 1.19 bits per heavy atom. The molecule has 7 nitrogen and oxygen atoms in total. The first kappa shape index (κ1) is 24.8. The van der Waals surface area contributed by atoms with Gasteiger partial charge in [0, 0.05) is 38.1 Å². The van der Waals surface area contributed by atoms with Crippen molar-refractivity contribution in [1.29, 1.82) is 0 Å². The van der Waals surface area contributed by atoms with Crippen molar-refractivity contribution in [3.8, 4) is 11.4 Å². The molecular weight excluding hydrogens is 413 g/mol. The average Bonchev–Trinajstić information content (AvgIpc) is 3.17. The number of piperidine rings is 1. The van der Waals surface area contributed by atoms with E-state index in [0.717, 1.165) is 12.0 Å². The van der Waals surface area contributed by atoms with Crippen molar-refractivity contribution in [1.82, 2.24) is 14.5 Å². The van der Waals surface area contributed by atoms with Crippen LogP contribution < -0.4 is 0 Å². The number of imidazole rings is 1. The van der Waals surface area contributed by atoms with E-state index in [1.54, 1.807) is 17.0 Å². The van der Waals surface area contributed by atoms with Crippen LogP contribution in [0.3, 0.4) is 0 Å². The third-order valence-electron chi connectivity index (χ3n) is 5.84. The lowest BCUT2D eigenvalue weighted by Crippen LogP contribution is -2.48. The first-order valence-electron chi connectivity index (χ1n) is 11.3. The van der Waals surface area contributed by atoms with Crippen LogP contribution in [0, 0.1) is 11.2 Å². The normalized spacial score (nSPS) is 18.1. The molecule has 0 aliphatic carbocycles. The van der Waals surface area contributed by atoms with E-state index in [-0.39, 0.29) is 11.2 Å². The van der Waals surface area contributed by atoms with Gasteiger partial charge in [-0.2, -0.15) is 0 Å². The molecule has 1 aromatic carbocycles. The summed E-state index contributed by atoms with van der Waals surface area (Å²) in [6.45, 7) is 10.6. The number of hydrogen-bond acceptors (Lipinski definition) is 6. The van der Waals surface area contributed by atoms with Crippen molar-refractivity contribution in [2.75, 3.05) is 26.3 Å². The van der Waals surface area contributed by atoms with Gasteiger partial charge in [-0.05, 0) is 55.9 Å². The smallest absolute Gasteiger partial charge is 0.216 e. The number of rotatable bonds is 9. The average molecular weight is 450 g/mol. The second-order valence-electron chi connectivity index (χ2n) is 9.62. The molecule has 0 saturated carbocycles. The fourth-order valence-electron chi connectivity index (χ4n) is 3.73. The van der Waals surface area contributed by atoms with E-state index in [9.17, 15) is 14.6 Å². The van der Waals surface area contributed by atoms with Crippen molar-refractivity contribution < 1.29 is 24.1 Å². The van der Waals surface area contributed by atoms with Gasteiger partial charge in [-0.25, -0.2) is 9.37 Å². The van der Waals surface area contributed by atoms with E-state index < -0.39 is 12.0 Å². The number of halogens is 1. The number of benzene rings is 1. The zero-order chi connectivity index (χ0) is 23.4. The second kappa shape index (κ2) is 10.4. The van der Waals surface area contributed by atoms with Crippen LogP contribution >= 0.6 is 0 Å². The fraction of sp³-hybridized carbons (Fsp3) is 0.625. The molecule has 0 bridgehead atoms. The van der Waals surface area contributed by atoms with Gasteiger partial charge in [0.15, 0.2) is 0 Å². The maximum atomic E-state index is 13.4. The Bertz CT molecular complexity index is 855. The predicted octanol–water partition coefficient (Wildman–Crippen LogP) is 3.70. The predicted molar refractivity (Wildman–Crippen MR) is 120 cm³/mol. The Morgan fingerprint density at radius 3 is 2.44 bits per heavy atom. The van der Waals surface area contributed by atoms with Gasteiger partial charge < -0.3 is 24.3 Å². The standard InChI is InChI=1S/C24H36FN3O4/c1-5-32-22(29)27-13-10-24(30,11-14-27)20-16-28(17-31-15-12-23(2,3)4)21(26-20)18-6-8-19(25)9-7-18/h6-9,16,22,29-30H,5,10-15,17H2,1-4H3. The summed E-state index contributed by atoms with van der Waals surface area (Å²) in [6, 6.07) is 6.16. The second-order valence-corrected chi connectivity index (χ2v) is 9.62. The summed E-state index contributed by atoms with van der Waals surface area (Å²) in [5.74, 6) is 0.313. The number of likely N-dealkylation sites (tertiary alicyclic amines) is 1. The number of ether oxygens (including phenoxy) is 2. The van der Waals surface area contributed by atoms with Crippen LogP contribution in [0.25, 0.3) is 11.4 Å². The third-order valence-corrected chi connectivity index (χ3v) is 5.84. The third kappa shape index (κ3) is 6.36. The Hall–Kier alpha value is -1.84. The monoisotopic (exact) mass is 449 g/mol. The number of aromatic nitrogens is 2. The summed E-state index contributed by atoms with van der Waals surface area (Å²) >= 11 is 0. The first-order valence-corrected chi connectivity index (χ1v) is 11.3. The minimum atomic E-state index is -1.12. The maximum Gasteiger partial charge on any atom is 0.216 e. The van der Waals surface area contributed by atoms with Crippen molar-refractivity contribution in [2.24, 2.45) is 5.41 Å². The molecule has 32 heavy (non-hydrogen) atoms. The molecule has 2 heterocycles. The molecule has 1 aliphatic rings. The van der Waals surface area contributed by atoms with Crippen molar-refractivity contribution >= 4 is 0 Å². The summed E-state index contributed by atoms with van der Waals surface area (Å²) in [5, 5.41) is 21.4. The summed E-state index contributed by atoms with van der Waals surface area (Å²) < 4.78 is 26.5.